The summed E-state index contributed by atoms with van der Waals surface area (Å²) in [6.07, 6.45) is 0.999. The molecule has 2 aromatic carbocycles. The number of thioether (sulfide) groups is 1. The molecule has 96 valence electrons. The topological polar surface area (TPSA) is 38.4 Å². The summed E-state index contributed by atoms with van der Waals surface area (Å²) in [7, 11) is 0. The first-order valence-electron chi connectivity index (χ1n) is 6.43. The molecule has 2 nitrogen and oxygen atoms in total. The van der Waals surface area contributed by atoms with Gasteiger partial charge in [-0.1, -0.05) is 72.4 Å². The molecule has 0 aliphatic carbocycles. The fourth-order valence-electron chi connectivity index (χ4n) is 2.39. The first-order chi connectivity index (χ1) is 9.33. The fraction of sp³-hybridized carbons (Fsp3) is 0.188. The third-order valence-electron chi connectivity index (χ3n) is 3.34. The van der Waals surface area contributed by atoms with Gasteiger partial charge in [0.1, 0.15) is 0 Å². The Morgan fingerprint density at radius 2 is 1.47 bits per heavy atom. The molecular formula is C16H16N2S. The fourth-order valence-corrected chi connectivity index (χ4v) is 3.44. The highest BCUT2D eigenvalue weighted by Gasteiger charge is 2.25. The van der Waals surface area contributed by atoms with E-state index in [-0.39, 0.29) is 6.04 Å². The molecule has 0 radical (unpaired) electrons. The molecule has 0 unspecified atom stereocenters. The summed E-state index contributed by atoms with van der Waals surface area (Å²) in [6, 6.07) is 21.1. The molecule has 3 rings (SSSR count). The van der Waals surface area contributed by atoms with Gasteiger partial charge in [0, 0.05) is 5.25 Å². The van der Waals surface area contributed by atoms with Crippen molar-refractivity contribution >= 4 is 16.9 Å². The molecule has 3 heteroatoms. The van der Waals surface area contributed by atoms with Crippen LogP contribution in [-0.4, -0.2) is 5.17 Å². The van der Waals surface area contributed by atoms with Crippen molar-refractivity contribution in [3.63, 3.8) is 0 Å². The lowest BCUT2D eigenvalue weighted by Crippen LogP contribution is -2.18. The van der Waals surface area contributed by atoms with Crippen LogP contribution in [-0.2, 0) is 0 Å². The summed E-state index contributed by atoms with van der Waals surface area (Å²) in [5.74, 6) is 0. The molecule has 0 saturated heterocycles. The predicted molar refractivity (Wildman–Crippen MR) is 82.2 cm³/mol. The first kappa shape index (κ1) is 12.3. The number of hydrogen-bond acceptors (Lipinski definition) is 3. The van der Waals surface area contributed by atoms with E-state index < -0.39 is 0 Å². The molecular weight excluding hydrogens is 252 g/mol. The zero-order valence-electron chi connectivity index (χ0n) is 10.6. The minimum Gasteiger partial charge on any atom is -0.379 e. The van der Waals surface area contributed by atoms with Crippen LogP contribution < -0.4 is 5.73 Å². The quantitative estimate of drug-likeness (QED) is 0.896. The summed E-state index contributed by atoms with van der Waals surface area (Å²) in [5.41, 5.74) is 8.57. The molecule has 0 spiro atoms. The molecule has 1 aliphatic rings. The SMILES string of the molecule is NC1=N[C@H](c2ccccc2)C[C@H](c2ccccc2)S1. The molecule has 0 fully saturated rings. The van der Waals surface area contributed by atoms with E-state index in [2.05, 4.69) is 53.5 Å². The van der Waals surface area contributed by atoms with Crippen LogP contribution in [0.15, 0.2) is 65.7 Å². The van der Waals surface area contributed by atoms with Gasteiger partial charge < -0.3 is 5.73 Å². The number of nitrogens with zero attached hydrogens (tertiary/aromatic N) is 1. The minimum atomic E-state index is 0.174. The van der Waals surface area contributed by atoms with Crippen LogP contribution in [0, 0.1) is 0 Å². The molecule has 0 aromatic heterocycles. The second-order valence-corrected chi connectivity index (χ2v) is 5.87. The molecule has 0 amide bonds. The summed E-state index contributed by atoms with van der Waals surface area (Å²) in [5, 5.41) is 1.08. The van der Waals surface area contributed by atoms with E-state index in [0.29, 0.717) is 10.4 Å². The summed E-state index contributed by atoms with van der Waals surface area (Å²) >= 11 is 1.67. The van der Waals surface area contributed by atoms with Gasteiger partial charge in [0.2, 0.25) is 0 Å². The van der Waals surface area contributed by atoms with Crippen molar-refractivity contribution in [2.45, 2.75) is 17.7 Å². The van der Waals surface area contributed by atoms with Crippen molar-refractivity contribution in [3.8, 4) is 0 Å². The molecule has 2 atom stereocenters. The molecule has 1 aliphatic heterocycles. The van der Waals surface area contributed by atoms with Gasteiger partial charge in [-0.25, -0.2) is 0 Å². The Morgan fingerprint density at radius 1 is 0.895 bits per heavy atom. The van der Waals surface area contributed by atoms with Crippen LogP contribution in [0.25, 0.3) is 0 Å². The molecule has 0 bridgehead atoms. The van der Waals surface area contributed by atoms with Crippen LogP contribution in [0.3, 0.4) is 0 Å². The van der Waals surface area contributed by atoms with E-state index in [4.69, 9.17) is 5.73 Å². The maximum atomic E-state index is 6.00. The van der Waals surface area contributed by atoms with E-state index in [1.807, 2.05) is 12.1 Å². The standard InChI is InChI=1S/C16H16N2S/c17-16-18-14(12-7-3-1-4-8-12)11-15(19-16)13-9-5-2-6-10-13/h1-10,14-15H,11H2,(H2,17,18)/t14-,15+/m0/s1. The zero-order valence-corrected chi connectivity index (χ0v) is 11.4. The van der Waals surface area contributed by atoms with Gasteiger partial charge in [0.05, 0.1) is 6.04 Å². The Morgan fingerprint density at radius 3 is 2.11 bits per heavy atom. The Kier molecular flexibility index (Phi) is 3.56. The van der Waals surface area contributed by atoms with E-state index >= 15 is 0 Å². The third kappa shape index (κ3) is 2.82. The Bertz CT molecular complexity index is 566. The first-order valence-corrected chi connectivity index (χ1v) is 7.31. The maximum Gasteiger partial charge on any atom is 0.155 e. The molecule has 19 heavy (non-hydrogen) atoms. The monoisotopic (exact) mass is 268 g/mol. The average Bonchev–Trinajstić information content (AvgIpc) is 2.48. The van der Waals surface area contributed by atoms with E-state index in [1.165, 1.54) is 11.1 Å². The van der Waals surface area contributed by atoms with Crippen LogP contribution in [0.2, 0.25) is 0 Å². The number of amidine groups is 1. The van der Waals surface area contributed by atoms with Crippen molar-refractivity contribution in [3.05, 3.63) is 71.8 Å². The lowest BCUT2D eigenvalue weighted by atomic mass is 9.99. The van der Waals surface area contributed by atoms with Crippen molar-refractivity contribution < 1.29 is 0 Å². The summed E-state index contributed by atoms with van der Waals surface area (Å²) in [6.45, 7) is 0. The van der Waals surface area contributed by atoms with Gasteiger partial charge in [-0.2, -0.15) is 0 Å². The van der Waals surface area contributed by atoms with E-state index in [1.54, 1.807) is 11.8 Å². The van der Waals surface area contributed by atoms with Crippen LogP contribution in [0.5, 0.6) is 0 Å². The van der Waals surface area contributed by atoms with Crippen LogP contribution >= 0.6 is 11.8 Å². The van der Waals surface area contributed by atoms with Crippen molar-refractivity contribution in [1.29, 1.82) is 0 Å². The van der Waals surface area contributed by atoms with Crippen molar-refractivity contribution in [1.82, 2.24) is 0 Å². The summed E-state index contributed by atoms with van der Waals surface area (Å²) in [4.78, 5) is 4.59. The van der Waals surface area contributed by atoms with Gasteiger partial charge in [0.25, 0.3) is 0 Å². The Labute approximate surface area is 117 Å². The van der Waals surface area contributed by atoms with Gasteiger partial charge in [0.15, 0.2) is 5.17 Å². The lowest BCUT2D eigenvalue weighted by molar-refractivity contribution is 0.639. The van der Waals surface area contributed by atoms with Gasteiger partial charge >= 0.3 is 0 Å². The minimum absolute atomic E-state index is 0.174. The summed E-state index contributed by atoms with van der Waals surface area (Å²) < 4.78 is 0. The largest absolute Gasteiger partial charge is 0.379 e. The third-order valence-corrected chi connectivity index (χ3v) is 4.44. The Balaban J connectivity index is 1.87. The van der Waals surface area contributed by atoms with E-state index in [0.717, 1.165) is 6.42 Å². The van der Waals surface area contributed by atoms with Crippen LogP contribution in [0.4, 0.5) is 0 Å². The average molecular weight is 268 g/mol. The Hall–Kier alpha value is -1.74. The molecule has 0 saturated carbocycles. The van der Waals surface area contributed by atoms with Crippen LogP contribution in [0.1, 0.15) is 28.8 Å². The van der Waals surface area contributed by atoms with Gasteiger partial charge in [-0.3, -0.25) is 4.99 Å². The second kappa shape index (κ2) is 5.49. The number of hydrogen-bond donors (Lipinski definition) is 1. The molecule has 2 aromatic rings. The van der Waals surface area contributed by atoms with Gasteiger partial charge in [-0.05, 0) is 17.5 Å². The number of rotatable bonds is 2. The van der Waals surface area contributed by atoms with Crippen molar-refractivity contribution in [2.24, 2.45) is 10.7 Å². The number of benzene rings is 2. The number of nitrogens with two attached hydrogens (primary N) is 1. The number of aliphatic imine (C=N–C) groups is 1. The smallest absolute Gasteiger partial charge is 0.155 e. The molecule has 2 N–H and O–H groups in total. The zero-order chi connectivity index (χ0) is 13.1. The molecule has 1 heterocycles. The van der Waals surface area contributed by atoms with E-state index in [9.17, 15) is 0 Å². The predicted octanol–water partition coefficient (Wildman–Crippen LogP) is 3.92. The van der Waals surface area contributed by atoms with Crippen molar-refractivity contribution in [2.75, 3.05) is 0 Å². The highest BCUT2D eigenvalue weighted by atomic mass is 32.2. The second-order valence-electron chi connectivity index (χ2n) is 4.65. The van der Waals surface area contributed by atoms with Gasteiger partial charge in [-0.15, -0.1) is 0 Å². The highest BCUT2D eigenvalue weighted by molar-refractivity contribution is 8.14. The normalized spacial score (nSPS) is 22.8. The lowest BCUT2D eigenvalue weighted by Gasteiger charge is -2.26. The highest BCUT2D eigenvalue weighted by Crippen LogP contribution is 2.42. The maximum absolute atomic E-state index is 6.00.